The summed E-state index contributed by atoms with van der Waals surface area (Å²) in [6, 6.07) is 18.6. The van der Waals surface area contributed by atoms with Crippen LogP contribution in [0, 0.1) is 0 Å². The number of anilines is 1. The average molecular weight is 416 g/mol. The second-order valence-corrected chi connectivity index (χ2v) is 6.92. The molecule has 31 heavy (non-hydrogen) atoms. The van der Waals surface area contributed by atoms with E-state index < -0.39 is 5.91 Å². The molecule has 0 bridgehead atoms. The van der Waals surface area contributed by atoms with E-state index in [1.165, 1.54) is 7.11 Å². The number of amides is 2. The summed E-state index contributed by atoms with van der Waals surface area (Å²) < 4.78 is 7.28. The molecule has 156 valence electrons. The molecule has 8 nitrogen and oxygen atoms in total. The standard InChI is InChI=1S/C23H20N4O4/c1-31-19-12-16(21(24)29)11-18-20(19)27(13-14-7-9-17(28)10-8-14)23(25-18)26-22(30)15-5-3-2-4-6-15/h2-12,28H,13H2,1H3,(H2,24,29)(H,25,26,30). The Balaban J connectivity index is 1.85. The lowest BCUT2D eigenvalue weighted by molar-refractivity contribution is 0.0997. The maximum absolute atomic E-state index is 12.8. The molecular formula is C23H20N4O4. The first-order valence-corrected chi connectivity index (χ1v) is 9.48. The fraction of sp³-hybridized carbons (Fsp3) is 0.0870. The SMILES string of the molecule is COc1cc(C(N)=O)cc2nc(NC(=O)c3ccccc3)n(Cc3ccc(O)cc3)c12. The lowest BCUT2D eigenvalue weighted by Crippen LogP contribution is -2.16. The molecule has 0 aliphatic rings. The van der Waals surface area contributed by atoms with Gasteiger partial charge < -0.3 is 20.1 Å². The molecule has 1 heterocycles. The van der Waals surface area contributed by atoms with E-state index in [4.69, 9.17) is 10.5 Å². The lowest BCUT2D eigenvalue weighted by atomic mass is 10.1. The highest BCUT2D eigenvalue weighted by Crippen LogP contribution is 2.31. The predicted octanol–water partition coefficient (Wildman–Crippen LogP) is 3.15. The minimum atomic E-state index is -0.608. The largest absolute Gasteiger partial charge is 0.508 e. The van der Waals surface area contributed by atoms with Crippen LogP contribution in [0.4, 0.5) is 5.95 Å². The molecule has 0 saturated heterocycles. The van der Waals surface area contributed by atoms with Crippen LogP contribution in [0.2, 0.25) is 0 Å². The highest BCUT2D eigenvalue weighted by molar-refractivity contribution is 6.05. The average Bonchev–Trinajstić information content (AvgIpc) is 3.12. The van der Waals surface area contributed by atoms with Crippen LogP contribution < -0.4 is 15.8 Å². The summed E-state index contributed by atoms with van der Waals surface area (Å²) in [6.45, 7) is 0.341. The molecule has 0 aliphatic heterocycles. The summed E-state index contributed by atoms with van der Waals surface area (Å²) in [5.41, 5.74) is 8.10. The van der Waals surface area contributed by atoms with Crippen molar-refractivity contribution in [2.45, 2.75) is 6.54 Å². The van der Waals surface area contributed by atoms with Crippen LogP contribution in [0.15, 0.2) is 66.7 Å². The molecule has 0 saturated carbocycles. The van der Waals surface area contributed by atoms with Gasteiger partial charge in [0.2, 0.25) is 11.9 Å². The van der Waals surface area contributed by atoms with Crippen LogP contribution in [-0.4, -0.2) is 33.6 Å². The van der Waals surface area contributed by atoms with Gasteiger partial charge in [0, 0.05) is 11.1 Å². The van der Waals surface area contributed by atoms with Gasteiger partial charge in [-0.15, -0.1) is 0 Å². The van der Waals surface area contributed by atoms with Crippen molar-refractivity contribution in [3.05, 3.63) is 83.4 Å². The number of carbonyl (C=O) groups excluding carboxylic acids is 2. The smallest absolute Gasteiger partial charge is 0.257 e. The summed E-state index contributed by atoms with van der Waals surface area (Å²) in [7, 11) is 1.49. The molecule has 4 N–H and O–H groups in total. The fourth-order valence-corrected chi connectivity index (χ4v) is 3.32. The highest BCUT2D eigenvalue weighted by Gasteiger charge is 2.20. The second kappa shape index (κ2) is 8.19. The first-order chi connectivity index (χ1) is 15.0. The molecule has 3 aromatic carbocycles. The van der Waals surface area contributed by atoms with E-state index in [0.717, 1.165) is 5.56 Å². The Labute approximate surface area is 177 Å². The lowest BCUT2D eigenvalue weighted by Gasteiger charge is -2.13. The maximum atomic E-state index is 12.8. The van der Waals surface area contributed by atoms with Crippen LogP contribution >= 0.6 is 0 Å². The molecule has 0 spiro atoms. The molecule has 0 aliphatic carbocycles. The van der Waals surface area contributed by atoms with Crippen molar-refractivity contribution in [1.82, 2.24) is 9.55 Å². The Morgan fingerprint density at radius 3 is 2.42 bits per heavy atom. The molecule has 1 aromatic heterocycles. The summed E-state index contributed by atoms with van der Waals surface area (Å²) in [5, 5.41) is 12.4. The number of phenols is 1. The van der Waals surface area contributed by atoms with E-state index in [1.54, 1.807) is 65.2 Å². The number of ether oxygens (including phenoxy) is 1. The Morgan fingerprint density at radius 1 is 1.06 bits per heavy atom. The van der Waals surface area contributed by atoms with Crippen LogP contribution in [-0.2, 0) is 6.54 Å². The van der Waals surface area contributed by atoms with Gasteiger partial charge in [-0.1, -0.05) is 30.3 Å². The molecule has 0 fully saturated rings. The van der Waals surface area contributed by atoms with E-state index in [0.29, 0.717) is 28.9 Å². The number of benzene rings is 3. The van der Waals surface area contributed by atoms with E-state index in [9.17, 15) is 14.7 Å². The zero-order chi connectivity index (χ0) is 22.0. The van der Waals surface area contributed by atoms with Crippen molar-refractivity contribution < 1.29 is 19.4 Å². The number of fused-ring (bicyclic) bond motifs is 1. The van der Waals surface area contributed by atoms with Gasteiger partial charge in [0.15, 0.2) is 0 Å². The van der Waals surface area contributed by atoms with Gasteiger partial charge in [-0.05, 0) is 42.0 Å². The number of aromatic hydroxyl groups is 1. The van der Waals surface area contributed by atoms with Crippen molar-refractivity contribution in [3.63, 3.8) is 0 Å². The van der Waals surface area contributed by atoms with Crippen LogP contribution in [0.3, 0.4) is 0 Å². The number of hydrogen-bond acceptors (Lipinski definition) is 5. The number of nitrogens with two attached hydrogens (primary N) is 1. The first-order valence-electron chi connectivity index (χ1n) is 9.48. The predicted molar refractivity (Wildman–Crippen MR) is 116 cm³/mol. The van der Waals surface area contributed by atoms with Crippen molar-refractivity contribution in [1.29, 1.82) is 0 Å². The summed E-state index contributed by atoms with van der Waals surface area (Å²) >= 11 is 0. The zero-order valence-corrected chi connectivity index (χ0v) is 16.7. The van der Waals surface area contributed by atoms with Crippen LogP contribution in [0.25, 0.3) is 11.0 Å². The Kier molecular flexibility index (Phi) is 5.28. The normalized spacial score (nSPS) is 10.7. The third kappa shape index (κ3) is 4.04. The quantitative estimate of drug-likeness (QED) is 0.446. The topological polar surface area (TPSA) is 119 Å². The zero-order valence-electron chi connectivity index (χ0n) is 16.7. The van der Waals surface area contributed by atoms with Gasteiger partial charge in [0.05, 0.1) is 19.2 Å². The number of carbonyl (C=O) groups is 2. The highest BCUT2D eigenvalue weighted by atomic mass is 16.5. The maximum Gasteiger partial charge on any atom is 0.257 e. The monoisotopic (exact) mass is 416 g/mol. The van der Waals surface area contributed by atoms with E-state index in [2.05, 4.69) is 10.3 Å². The molecule has 4 aromatic rings. The molecule has 2 amide bonds. The van der Waals surface area contributed by atoms with Gasteiger partial charge in [-0.2, -0.15) is 0 Å². The van der Waals surface area contributed by atoms with Gasteiger partial charge >= 0.3 is 0 Å². The first kappa shape index (κ1) is 20.0. The minimum Gasteiger partial charge on any atom is -0.508 e. The number of aromatic nitrogens is 2. The second-order valence-electron chi connectivity index (χ2n) is 6.92. The number of hydrogen-bond donors (Lipinski definition) is 3. The van der Waals surface area contributed by atoms with Crippen molar-refractivity contribution >= 4 is 28.8 Å². The Hall–Kier alpha value is -4.33. The van der Waals surface area contributed by atoms with Crippen molar-refractivity contribution in [2.75, 3.05) is 12.4 Å². The molecule has 0 unspecified atom stereocenters. The van der Waals surface area contributed by atoms with E-state index in [-0.39, 0.29) is 23.2 Å². The Morgan fingerprint density at radius 2 is 1.77 bits per heavy atom. The van der Waals surface area contributed by atoms with Crippen molar-refractivity contribution in [2.24, 2.45) is 5.73 Å². The minimum absolute atomic E-state index is 0.153. The summed E-state index contributed by atoms with van der Waals surface area (Å²) in [4.78, 5) is 29.0. The molecule has 8 heteroatoms. The van der Waals surface area contributed by atoms with Gasteiger partial charge in [0.25, 0.3) is 5.91 Å². The third-order valence-electron chi connectivity index (χ3n) is 4.85. The molecular weight excluding hydrogens is 396 g/mol. The molecule has 0 radical (unpaired) electrons. The third-order valence-corrected chi connectivity index (χ3v) is 4.85. The molecule has 4 rings (SSSR count). The number of imidazole rings is 1. The van der Waals surface area contributed by atoms with Gasteiger partial charge in [-0.25, -0.2) is 4.98 Å². The number of nitrogens with one attached hydrogen (secondary N) is 1. The molecule has 0 atom stereocenters. The Bertz CT molecular complexity index is 1260. The number of rotatable bonds is 6. The summed E-state index contributed by atoms with van der Waals surface area (Å²) in [6.07, 6.45) is 0. The van der Waals surface area contributed by atoms with Gasteiger partial charge in [0.1, 0.15) is 17.0 Å². The summed E-state index contributed by atoms with van der Waals surface area (Å²) in [5.74, 6) is -0.0877. The number of phenolic OH excluding ortho intramolecular Hbond substituents is 1. The van der Waals surface area contributed by atoms with E-state index >= 15 is 0 Å². The number of nitrogens with zero attached hydrogens (tertiary/aromatic N) is 2. The number of methoxy groups -OCH3 is 1. The van der Waals surface area contributed by atoms with Gasteiger partial charge in [-0.3, -0.25) is 14.9 Å². The number of primary amides is 1. The van der Waals surface area contributed by atoms with Crippen LogP contribution in [0.1, 0.15) is 26.3 Å². The van der Waals surface area contributed by atoms with Crippen molar-refractivity contribution in [3.8, 4) is 11.5 Å². The van der Waals surface area contributed by atoms with E-state index in [1.807, 2.05) is 6.07 Å². The fourth-order valence-electron chi connectivity index (χ4n) is 3.32. The van der Waals surface area contributed by atoms with Crippen LogP contribution in [0.5, 0.6) is 11.5 Å².